The van der Waals surface area contributed by atoms with Crippen molar-refractivity contribution >= 4 is 5.91 Å². The molecule has 1 aromatic carbocycles. The number of alkyl halides is 3. The number of carbonyl (C=O) groups is 1. The highest BCUT2D eigenvalue weighted by atomic mass is 19.4. The Bertz CT molecular complexity index is 431. The molecular formula is C13H17F3N2O. The van der Waals surface area contributed by atoms with Crippen LogP contribution in [-0.4, -0.2) is 18.6 Å². The molecule has 0 bridgehead atoms. The van der Waals surface area contributed by atoms with E-state index in [1.165, 1.54) is 0 Å². The summed E-state index contributed by atoms with van der Waals surface area (Å²) in [5, 5.41) is 2.29. The SMILES string of the molecule is CC(C)C(NCC(F)(F)F)(C(N)=O)c1ccccc1. The summed E-state index contributed by atoms with van der Waals surface area (Å²) in [5.74, 6) is -1.24. The maximum atomic E-state index is 12.4. The van der Waals surface area contributed by atoms with E-state index in [2.05, 4.69) is 5.32 Å². The zero-order valence-corrected chi connectivity index (χ0v) is 10.8. The predicted molar refractivity (Wildman–Crippen MR) is 66.2 cm³/mol. The highest BCUT2D eigenvalue weighted by Gasteiger charge is 2.44. The van der Waals surface area contributed by atoms with Crippen molar-refractivity contribution in [3.05, 3.63) is 35.9 Å². The van der Waals surface area contributed by atoms with Gasteiger partial charge in [0.25, 0.3) is 0 Å². The Morgan fingerprint density at radius 3 is 2.16 bits per heavy atom. The number of hydrogen-bond acceptors (Lipinski definition) is 2. The van der Waals surface area contributed by atoms with E-state index in [1.807, 2.05) is 0 Å². The smallest absolute Gasteiger partial charge is 0.368 e. The number of amides is 1. The molecule has 0 heterocycles. The van der Waals surface area contributed by atoms with E-state index in [9.17, 15) is 18.0 Å². The van der Waals surface area contributed by atoms with Crippen LogP contribution in [0.5, 0.6) is 0 Å². The van der Waals surface area contributed by atoms with Gasteiger partial charge in [0.05, 0.1) is 6.54 Å². The molecule has 1 rings (SSSR count). The molecule has 0 aromatic heterocycles. The first-order valence-corrected chi connectivity index (χ1v) is 5.87. The molecule has 3 nitrogen and oxygen atoms in total. The van der Waals surface area contributed by atoms with Gasteiger partial charge in [-0.05, 0) is 11.5 Å². The summed E-state index contributed by atoms with van der Waals surface area (Å²) in [6.45, 7) is 2.03. The Morgan fingerprint density at radius 1 is 1.26 bits per heavy atom. The second-order valence-corrected chi connectivity index (χ2v) is 4.66. The van der Waals surface area contributed by atoms with Gasteiger partial charge in [0, 0.05) is 0 Å². The maximum absolute atomic E-state index is 12.4. The largest absolute Gasteiger partial charge is 0.401 e. The lowest BCUT2D eigenvalue weighted by Crippen LogP contribution is -2.58. The Morgan fingerprint density at radius 2 is 1.79 bits per heavy atom. The molecule has 19 heavy (non-hydrogen) atoms. The lowest BCUT2D eigenvalue weighted by atomic mass is 9.79. The number of hydrogen-bond donors (Lipinski definition) is 2. The van der Waals surface area contributed by atoms with Gasteiger partial charge in [-0.1, -0.05) is 44.2 Å². The van der Waals surface area contributed by atoms with E-state index in [-0.39, 0.29) is 0 Å². The van der Waals surface area contributed by atoms with Crippen LogP contribution in [0.25, 0.3) is 0 Å². The first-order valence-electron chi connectivity index (χ1n) is 5.87. The number of rotatable bonds is 5. The van der Waals surface area contributed by atoms with Crippen molar-refractivity contribution in [3.8, 4) is 0 Å². The van der Waals surface area contributed by atoms with Gasteiger partial charge in [0.2, 0.25) is 5.91 Å². The van der Waals surface area contributed by atoms with E-state index < -0.39 is 30.1 Å². The van der Waals surface area contributed by atoms with Crippen LogP contribution in [0.1, 0.15) is 19.4 Å². The van der Waals surface area contributed by atoms with Crippen LogP contribution in [0, 0.1) is 5.92 Å². The molecule has 106 valence electrons. The molecule has 1 amide bonds. The third-order valence-corrected chi connectivity index (χ3v) is 3.05. The molecule has 0 fully saturated rings. The van der Waals surface area contributed by atoms with Gasteiger partial charge in [-0.15, -0.1) is 0 Å². The van der Waals surface area contributed by atoms with Gasteiger partial charge in [-0.2, -0.15) is 13.2 Å². The molecule has 1 aromatic rings. The first kappa shape index (κ1) is 15.5. The Kier molecular flexibility index (Phi) is 4.57. The third-order valence-electron chi connectivity index (χ3n) is 3.05. The van der Waals surface area contributed by atoms with Crippen molar-refractivity contribution in [2.75, 3.05) is 6.54 Å². The van der Waals surface area contributed by atoms with E-state index in [0.29, 0.717) is 5.56 Å². The number of carbonyl (C=O) groups excluding carboxylic acids is 1. The van der Waals surface area contributed by atoms with Gasteiger partial charge in [-0.3, -0.25) is 10.1 Å². The van der Waals surface area contributed by atoms with Crippen LogP contribution in [0.2, 0.25) is 0 Å². The highest BCUT2D eigenvalue weighted by molar-refractivity contribution is 5.86. The molecule has 0 saturated carbocycles. The fraction of sp³-hybridized carbons (Fsp3) is 0.462. The van der Waals surface area contributed by atoms with Crippen LogP contribution in [-0.2, 0) is 10.3 Å². The second-order valence-electron chi connectivity index (χ2n) is 4.66. The average molecular weight is 274 g/mol. The van der Waals surface area contributed by atoms with Gasteiger partial charge in [-0.25, -0.2) is 0 Å². The van der Waals surface area contributed by atoms with Crippen molar-refractivity contribution < 1.29 is 18.0 Å². The molecule has 1 atom stereocenters. The van der Waals surface area contributed by atoms with Gasteiger partial charge < -0.3 is 5.73 Å². The lowest BCUT2D eigenvalue weighted by molar-refractivity contribution is -0.139. The first-order chi connectivity index (χ1) is 8.70. The standard InChI is InChI=1S/C13H17F3N2O/c1-9(2)13(11(17)19,18-8-12(14,15)16)10-6-4-3-5-7-10/h3-7,9,18H,8H2,1-2H3,(H2,17,19). The van der Waals surface area contributed by atoms with Gasteiger partial charge >= 0.3 is 6.18 Å². The molecular weight excluding hydrogens is 257 g/mol. The number of primary amides is 1. The van der Waals surface area contributed by atoms with Crippen LogP contribution in [0.15, 0.2) is 30.3 Å². The van der Waals surface area contributed by atoms with Crippen molar-refractivity contribution in [2.24, 2.45) is 11.7 Å². The molecule has 1 unspecified atom stereocenters. The van der Waals surface area contributed by atoms with Crippen LogP contribution in [0.4, 0.5) is 13.2 Å². The van der Waals surface area contributed by atoms with E-state index >= 15 is 0 Å². The van der Waals surface area contributed by atoms with Crippen LogP contribution in [0.3, 0.4) is 0 Å². The van der Waals surface area contributed by atoms with Crippen LogP contribution < -0.4 is 11.1 Å². The van der Waals surface area contributed by atoms with Crippen LogP contribution >= 0.6 is 0 Å². The quantitative estimate of drug-likeness (QED) is 0.864. The molecule has 3 N–H and O–H groups in total. The minimum atomic E-state index is -4.41. The minimum absolute atomic E-state index is 0.422. The summed E-state index contributed by atoms with van der Waals surface area (Å²) in [4.78, 5) is 11.8. The maximum Gasteiger partial charge on any atom is 0.401 e. The molecule has 0 aliphatic carbocycles. The summed E-state index contributed by atoms with van der Waals surface area (Å²) in [6, 6.07) is 8.22. The number of halogens is 3. The van der Waals surface area contributed by atoms with Crippen molar-refractivity contribution in [1.82, 2.24) is 5.32 Å². The summed E-state index contributed by atoms with van der Waals surface area (Å²) in [7, 11) is 0. The zero-order chi connectivity index (χ0) is 14.7. The Labute approximate surface area is 110 Å². The molecule has 0 aliphatic heterocycles. The normalized spacial score (nSPS) is 15.3. The minimum Gasteiger partial charge on any atom is -0.368 e. The average Bonchev–Trinajstić information content (AvgIpc) is 2.28. The topological polar surface area (TPSA) is 55.1 Å². The third kappa shape index (κ3) is 3.47. The molecule has 0 radical (unpaired) electrons. The predicted octanol–water partition coefficient (Wildman–Crippen LogP) is 2.18. The van der Waals surface area contributed by atoms with Crippen molar-refractivity contribution in [3.63, 3.8) is 0 Å². The number of nitrogens with two attached hydrogens (primary N) is 1. The summed E-state index contributed by atoms with van der Waals surface area (Å²) < 4.78 is 37.2. The monoisotopic (exact) mass is 274 g/mol. The fourth-order valence-corrected chi connectivity index (χ4v) is 2.09. The summed E-state index contributed by atoms with van der Waals surface area (Å²) in [5.41, 5.74) is 4.27. The van der Waals surface area contributed by atoms with E-state index in [1.54, 1.807) is 44.2 Å². The van der Waals surface area contributed by atoms with E-state index in [0.717, 1.165) is 0 Å². The van der Waals surface area contributed by atoms with Crippen molar-refractivity contribution in [1.29, 1.82) is 0 Å². The van der Waals surface area contributed by atoms with Crippen molar-refractivity contribution in [2.45, 2.75) is 25.6 Å². The summed E-state index contributed by atoms with van der Waals surface area (Å²) >= 11 is 0. The van der Waals surface area contributed by atoms with Gasteiger partial charge in [0.15, 0.2) is 0 Å². The lowest BCUT2D eigenvalue weighted by Gasteiger charge is -2.36. The molecule has 0 spiro atoms. The zero-order valence-electron chi connectivity index (χ0n) is 10.8. The molecule has 0 aliphatic rings. The highest BCUT2D eigenvalue weighted by Crippen LogP contribution is 2.30. The van der Waals surface area contributed by atoms with Gasteiger partial charge in [0.1, 0.15) is 5.54 Å². The Balaban J connectivity index is 3.20. The molecule has 6 heteroatoms. The molecule has 0 saturated heterocycles. The van der Waals surface area contributed by atoms with E-state index in [4.69, 9.17) is 5.73 Å². The fourth-order valence-electron chi connectivity index (χ4n) is 2.09. The number of benzene rings is 1. The number of nitrogens with one attached hydrogen (secondary N) is 1. The Hall–Kier alpha value is -1.56. The summed E-state index contributed by atoms with van der Waals surface area (Å²) in [6.07, 6.45) is -4.41. The second kappa shape index (κ2) is 5.61.